The number of ether oxygens (including phenoxy) is 1. The summed E-state index contributed by atoms with van der Waals surface area (Å²) in [6.07, 6.45) is 2.01. The van der Waals surface area contributed by atoms with Crippen molar-refractivity contribution in [3.8, 4) is 0 Å². The molecule has 2 atom stereocenters. The zero-order chi connectivity index (χ0) is 15.8. The molecule has 0 aliphatic heterocycles. The maximum Gasteiger partial charge on any atom is 0.0589 e. The molecule has 0 heterocycles. The normalized spacial score (nSPS) is 14.4. The second-order valence-corrected chi connectivity index (χ2v) is 6.67. The lowest BCUT2D eigenvalue weighted by Crippen LogP contribution is -2.37. The van der Waals surface area contributed by atoms with Crippen molar-refractivity contribution in [3.63, 3.8) is 0 Å². The number of benzene rings is 1. The van der Waals surface area contributed by atoms with E-state index < -0.39 is 0 Å². The van der Waals surface area contributed by atoms with Gasteiger partial charge < -0.3 is 10.5 Å². The molecule has 0 aliphatic rings. The minimum Gasteiger partial charge on any atom is -0.383 e. The molecule has 0 aromatic heterocycles. The van der Waals surface area contributed by atoms with Crippen molar-refractivity contribution < 1.29 is 4.74 Å². The monoisotopic (exact) mass is 376 g/mol. The predicted octanol–water partition coefficient (Wildman–Crippen LogP) is 4.24. The third-order valence-corrected chi connectivity index (χ3v) is 4.71. The Morgan fingerprint density at radius 2 is 2.10 bits per heavy atom. The number of hydrogen-bond acceptors (Lipinski definition) is 3. The summed E-state index contributed by atoms with van der Waals surface area (Å²) < 4.78 is 6.17. The highest BCUT2D eigenvalue weighted by molar-refractivity contribution is 9.10. The molecule has 21 heavy (non-hydrogen) atoms. The van der Waals surface area contributed by atoms with Gasteiger partial charge in [-0.3, -0.25) is 4.90 Å². The van der Waals surface area contributed by atoms with Gasteiger partial charge >= 0.3 is 0 Å². The van der Waals surface area contributed by atoms with Gasteiger partial charge in [0.05, 0.1) is 6.61 Å². The van der Waals surface area contributed by atoms with E-state index in [2.05, 4.69) is 34.7 Å². The van der Waals surface area contributed by atoms with Crippen LogP contribution in [0, 0.1) is 0 Å². The van der Waals surface area contributed by atoms with Gasteiger partial charge in [-0.25, -0.2) is 0 Å². The topological polar surface area (TPSA) is 38.5 Å². The molecule has 0 saturated heterocycles. The van der Waals surface area contributed by atoms with Gasteiger partial charge in [-0.05, 0) is 37.5 Å². The number of methoxy groups -OCH3 is 1. The largest absolute Gasteiger partial charge is 0.383 e. The van der Waals surface area contributed by atoms with Crippen molar-refractivity contribution in [3.05, 3.63) is 33.3 Å². The van der Waals surface area contributed by atoms with Gasteiger partial charge in [0.2, 0.25) is 0 Å². The van der Waals surface area contributed by atoms with Crippen molar-refractivity contribution >= 4 is 27.5 Å². The molecular weight excluding hydrogens is 352 g/mol. The van der Waals surface area contributed by atoms with Crippen LogP contribution in [-0.4, -0.2) is 37.7 Å². The molecule has 0 fully saturated rings. The lowest BCUT2D eigenvalue weighted by molar-refractivity contribution is 0.120. The van der Waals surface area contributed by atoms with Gasteiger partial charge in [0, 0.05) is 41.8 Å². The first-order chi connectivity index (χ1) is 9.99. The van der Waals surface area contributed by atoms with Crippen molar-refractivity contribution in [1.82, 2.24) is 4.90 Å². The molecule has 1 rings (SSSR count). The standard InChI is InChI=1S/C16H26BrClN2O/c1-4-12(2)20(9-10-21-3)8-7-16(19)14-6-5-13(17)11-15(14)18/h5-6,11-12,16H,4,7-10,19H2,1-3H3. The number of nitrogens with zero attached hydrogens (tertiary/aromatic N) is 1. The third-order valence-electron chi connectivity index (χ3n) is 3.89. The summed E-state index contributed by atoms with van der Waals surface area (Å²) >= 11 is 9.69. The van der Waals surface area contributed by atoms with Crippen molar-refractivity contribution in [2.75, 3.05) is 26.8 Å². The number of halogens is 2. The SMILES string of the molecule is CCC(C)N(CCOC)CCC(N)c1ccc(Br)cc1Cl. The van der Waals surface area contributed by atoms with Crippen LogP contribution in [-0.2, 0) is 4.74 Å². The number of nitrogens with two attached hydrogens (primary N) is 1. The highest BCUT2D eigenvalue weighted by Crippen LogP contribution is 2.27. The molecule has 1 aromatic rings. The zero-order valence-electron chi connectivity index (χ0n) is 13.1. The molecule has 2 unspecified atom stereocenters. The smallest absolute Gasteiger partial charge is 0.0589 e. The summed E-state index contributed by atoms with van der Waals surface area (Å²) in [5.74, 6) is 0. The average molecular weight is 378 g/mol. The van der Waals surface area contributed by atoms with Crippen LogP contribution in [0.15, 0.2) is 22.7 Å². The fourth-order valence-electron chi connectivity index (χ4n) is 2.28. The van der Waals surface area contributed by atoms with Crippen LogP contribution in [0.5, 0.6) is 0 Å². The molecule has 0 amide bonds. The molecule has 1 aromatic carbocycles. The van der Waals surface area contributed by atoms with E-state index >= 15 is 0 Å². The van der Waals surface area contributed by atoms with Gasteiger partial charge in [-0.2, -0.15) is 0 Å². The number of rotatable bonds is 9. The molecule has 3 nitrogen and oxygen atoms in total. The van der Waals surface area contributed by atoms with Crippen molar-refractivity contribution in [2.24, 2.45) is 5.73 Å². The second-order valence-electron chi connectivity index (χ2n) is 5.35. The quantitative estimate of drug-likeness (QED) is 0.699. The van der Waals surface area contributed by atoms with E-state index in [-0.39, 0.29) is 6.04 Å². The molecule has 2 N–H and O–H groups in total. The van der Waals surface area contributed by atoms with Gasteiger partial charge in [0.15, 0.2) is 0 Å². The highest BCUT2D eigenvalue weighted by Gasteiger charge is 2.16. The Balaban J connectivity index is 2.61. The van der Waals surface area contributed by atoms with E-state index in [0.717, 1.165) is 47.6 Å². The van der Waals surface area contributed by atoms with Crippen molar-refractivity contribution in [2.45, 2.75) is 38.8 Å². The van der Waals surface area contributed by atoms with Crippen molar-refractivity contribution in [1.29, 1.82) is 0 Å². The molecule has 0 aliphatic carbocycles. The second kappa shape index (κ2) is 9.80. The summed E-state index contributed by atoms with van der Waals surface area (Å²) in [5, 5.41) is 0.726. The lowest BCUT2D eigenvalue weighted by atomic mass is 10.0. The van der Waals surface area contributed by atoms with E-state index in [1.165, 1.54) is 0 Å². The summed E-state index contributed by atoms with van der Waals surface area (Å²) in [7, 11) is 1.74. The predicted molar refractivity (Wildman–Crippen MR) is 93.9 cm³/mol. The fourth-order valence-corrected chi connectivity index (χ4v) is 3.10. The molecule has 0 spiro atoms. The van der Waals surface area contributed by atoms with Crippen LogP contribution in [0.4, 0.5) is 0 Å². The van der Waals surface area contributed by atoms with Crippen LogP contribution >= 0.6 is 27.5 Å². The Hall–Kier alpha value is -0.130. The lowest BCUT2D eigenvalue weighted by Gasteiger charge is -2.29. The maximum atomic E-state index is 6.31. The first-order valence-corrected chi connectivity index (χ1v) is 8.60. The minimum atomic E-state index is -0.0419. The molecule has 0 bridgehead atoms. The summed E-state index contributed by atoms with van der Waals surface area (Å²) in [4.78, 5) is 2.43. The Morgan fingerprint density at radius 3 is 2.67 bits per heavy atom. The third kappa shape index (κ3) is 6.25. The molecular formula is C16H26BrClN2O. The first-order valence-electron chi connectivity index (χ1n) is 7.43. The van der Waals surface area contributed by atoms with Crippen LogP contribution in [0.2, 0.25) is 5.02 Å². The van der Waals surface area contributed by atoms with Gasteiger partial charge in [-0.15, -0.1) is 0 Å². The Labute approximate surface area is 141 Å². The van der Waals surface area contributed by atoms with E-state index in [4.69, 9.17) is 22.1 Å². The molecule has 5 heteroatoms. The van der Waals surface area contributed by atoms with Gasteiger partial charge in [0.25, 0.3) is 0 Å². The van der Waals surface area contributed by atoms with Crippen LogP contribution in [0.3, 0.4) is 0 Å². The van der Waals surface area contributed by atoms with Crippen LogP contribution < -0.4 is 5.73 Å². The average Bonchev–Trinajstić information content (AvgIpc) is 2.46. The highest BCUT2D eigenvalue weighted by atomic mass is 79.9. The summed E-state index contributed by atoms with van der Waals surface area (Å²) in [5.41, 5.74) is 7.32. The van der Waals surface area contributed by atoms with E-state index in [1.807, 2.05) is 18.2 Å². The Kier molecular flexibility index (Phi) is 8.83. The van der Waals surface area contributed by atoms with Crippen LogP contribution in [0.25, 0.3) is 0 Å². The van der Waals surface area contributed by atoms with Gasteiger partial charge in [0.1, 0.15) is 0 Å². The van der Waals surface area contributed by atoms with Crippen LogP contribution in [0.1, 0.15) is 38.3 Å². The van der Waals surface area contributed by atoms with E-state index in [0.29, 0.717) is 6.04 Å². The summed E-state index contributed by atoms with van der Waals surface area (Å²) in [6.45, 7) is 7.08. The molecule has 120 valence electrons. The molecule has 0 saturated carbocycles. The van der Waals surface area contributed by atoms with E-state index in [1.54, 1.807) is 7.11 Å². The Morgan fingerprint density at radius 1 is 1.38 bits per heavy atom. The van der Waals surface area contributed by atoms with Gasteiger partial charge in [-0.1, -0.05) is 40.5 Å². The minimum absolute atomic E-state index is 0.0419. The number of hydrogen-bond donors (Lipinski definition) is 1. The summed E-state index contributed by atoms with van der Waals surface area (Å²) in [6, 6.07) is 6.37. The fraction of sp³-hybridized carbons (Fsp3) is 0.625. The maximum absolute atomic E-state index is 6.31. The molecule has 0 radical (unpaired) electrons. The van der Waals surface area contributed by atoms with E-state index in [9.17, 15) is 0 Å². The zero-order valence-corrected chi connectivity index (χ0v) is 15.5. The Bertz CT molecular complexity index is 431. The first kappa shape index (κ1) is 18.9.